The van der Waals surface area contributed by atoms with Crippen molar-refractivity contribution in [1.82, 2.24) is 0 Å². The molecule has 1 rings (SSSR count). The Balaban J connectivity index is 2.26. The Bertz CT molecular complexity index is 390. The zero-order chi connectivity index (χ0) is 14.1. The normalized spacial score (nSPS) is 12.4. The Morgan fingerprint density at radius 3 is 2.79 bits per heavy atom. The van der Waals surface area contributed by atoms with Gasteiger partial charge in [-0.15, -0.1) is 0 Å². The molecular weight excluding hydrogens is 260 g/mol. The van der Waals surface area contributed by atoms with Crippen LogP contribution >= 0.6 is 11.6 Å². The van der Waals surface area contributed by atoms with Gasteiger partial charge in [-0.2, -0.15) is 0 Å². The zero-order valence-electron chi connectivity index (χ0n) is 11.8. The summed E-state index contributed by atoms with van der Waals surface area (Å²) in [6, 6.07) is 6.99. The lowest BCUT2D eigenvalue weighted by Crippen LogP contribution is -2.16. The molecule has 0 aliphatic carbocycles. The summed E-state index contributed by atoms with van der Waals surface area (Å²) in [5.74, 6) is -0.0112. The van der Waals surface area contributed by atoms with Crippen molar-refractivity contribution in [3.63, 3.8) is 0 Å². The second-order valence-corrected chi connectivity index (χ2v) is 5.34. The lowest BCUT2D eigenvalue weighted by Gasteiger charge is -2.12. The number of hydrogen-bond donors (Lipinski definition) is 0. The Morgan fingerprint density at radius 1 is 1.32 bits per heavy atom. The number of hydrogen-bond acceptors (Lipinski definition) is 2. The zero-order valence-corrected chi connectivity index (χ0v) is 12.6. The molecule has 0 spiro atoms. The second kappa shape index (κ2) is 9.11. The monoisotopic (exact) mass is 282 g/mol. The van der Waals surface area contributed by atoms with E-state index in [0.29, 0.717) is 10.6 Å². The molecule has 3 heteroatoms. The van der Waals surface area contributed by atoms with E-state index in [0.717, 1.165) is 6.42 Å². The smallest absolute Gasteiger partial charge is 0.188 e. The Labute approximate surface area is 121 Å². The lowest BCUT2D eigenvalue weighted by molar-refractivity contribution is 0.0483. The largest absolute Gasteiger partial charge is 0.370 e. The number of carbonyl (C=O) groups excluding carboxylic acids is 1. The molecule has 0 fully saturated rings. The van der Waals surface area contributed by atoms with E-state index in [9.17, 15) is 4.79 Å². The molecule has 1 aromatic carbocycles. The number of ketones is 1. The molecular formula is C16H23ClO2. The molecule has 0 heterocycles. The van der Waals surface area contributed by atoms with Gasteiger partial charge in [0.25, 0.3) is 0 Å². The van der Waals surface area contributed by atoms with E-state index in [2.05, 4.69) is 6.92 Å². The fourth-order valence-corrected chi connectivity index (χ4v) is 2.10. The van der Waals surface area contributed by atoms with Crippen LogP contribution in [-0.4, -0.2) is 18.5 Å². The number of Topliss-reactive ketones (excluding diaryl/α,β-unsaturated/α-hetero) is 1. The molecule has 1 atom stereocenters. The van der Waals surface area contributed by atoms with Gasteiger partial charge in [-0.1, -0.05) is 56.3 Å². The van der Waals surface area contributed by atoms with E-state index in [1.54, 1.807) is 24.3 Å². The van der Waals surface area contributed by atoms with Crippen molar-refractivity contribution in [3.8, 4) is 0 Å². The number of ether oxygens (including phenoxy) is 1. The predicted octanol–water partition coefficient (Wildman–Crippen LogP) is 4.90. The van der Waals surface area contributed by atoms with Crippen LogP contribution in [0.25, 0.3) is 0 Å². The van der Waals surface area contributed by atoms with E-state index in [4.69, 9.17) is 16.3 Å². The molecule has 1 unspecified atom stereocenters. The molecule has 0 aliphatic rings. The summed E-state index contributed by atoms with van der Waals surface area (Å²) in [6.07, 6.45) is 6.08. The van der Waals surface area contributed by atoms with E-state index < -0.39 is 0 Å². The van der Waals surface area contributed by atoms with Crippen molar-refractivity contribution in [2.24, 2.45) is 0 Å². The highest BCUT2D eigenvalue weighted by molar-refractivity contribution is 6.31. The molecule has 0 aliphatic heterocycles. The van der Waals surface area contributed by atoms with Crippen molar-refractivity contribution >= 4 is 17.4 Å². The summed E-state index contributed by atoms with van der Waals surface area (Å²) in [6.45, 7) is 4.36. The van der Waals surface area contributed by atoms with E-state index in [-0.39, 0.29) is 18.5 Å². The fraction of sp³-hybridized carbons (Fsp3) is 0.562. The first-order valence-electron chi connectivity index (χ1n) is 7.04. The standard InChI is InChI=1S/C16H23ClO2/c1-3-4-5-6-8-13(2)19-12-16(18)14-9-7-10-15(17)11-14/h7,9-11,13H,3-6,8,12H2,1-2H3. The van der Waals surface area contributed by atoms with Gasteiger partial charge in [0, 0.05) is 10.6 Å². The Morgan fingerprint density at radius 2 is 2.11 bits per heavy atom. The second-order valence-electron chi connectivity index (χ2n) is 4.90. The lowest BCUT2D eigenvalue weighted by atomic mass is 10.1. The van der Waals surface area contributed by atoms with Crippen molar-refractivity contribution in [2.45, 2.75) is 52.1 Å². The minimum absolute atomic E-state index is 0.0112. The van der Waals surface area contributed by atoms with Crippen LogP contribution in [-0.2, 0) is 4.74 Å². The number of unbranched alkanes of at least 4 members (excludes halogenated alkanes) is 3. The third-order valence-electron chi connectivity index (χ3n) is 3.11. The van der Waals surface area contributed by atoms with Gasteiger partial charge in [-0.25, -0.2) is 0 Å². The number of carbonyl (C=O) groups is 1. The van der Waals surface area contributed by atoms with Crippen molar-refractivity contribution in [1.29, 1.82) is 0 Å². The molecule has 0 radical (unpaired) electrons. The maximum absolute atomic E-state index is 11.9. The molecule has 0 saturated carbocycles. The van der Waals surface area contributed by atoms with Crippen LogP contribution in [0.5, 0.6) is 0 Å². The predicted molar refractivity (Wildman–Crippen MR) is 80.0 cm³/mol. The summed E-state index contributed by atoms with van der Waals surface area (Å²) in [5, 5.41) is 0.582. The van der Waals surface area contributed by atoms with Gasteiger partial charge in [0.15, 0.2) is 5.78 Å². The summed E-state index contributed by atoms with van der Waals surface area (Å²) in [5.41, 5.74) is 0.616. The SMILES string of the molecule is CCCCCCC(C)OCC(=O)c1cccc(Cl)c1. The van der Waals surface area contributed by atoms with Crippen LogP contribution in [0, 0.1) is 0 Å². The average Bonchev–Trinajstić information content (AvgIpc) is 2.41. The van der Waals surface area contributed by atoms with Gasteiger partial charge in [0.05, 0.1) is 6.10 Å². The third-order valence-corrected chi connectivity index (χ3v) is 3.34. The van der Waals surface area contributed by atoms with Gasteiger partial charge in [0.1, 0.15) is 6.61 Å². The molecule has 106 valence electrons. The number of halogens is 1. The Kier molecular flexibility index (Phi) is 7.76. The van der Waals surface area contributed by atoms with Crippen molar-refractivity contribution in [2.75, 3.05) is 6.61 Å². The van der Waals surface area contributed by atoms with Crippen molar-refractivity contribution < 1.29 is 9.53 Å². The summed E-state index contributed by atoms with van der Waals surface area (Å²) < 4.78 is 5.59. The highest BCUT2D eigenvalue weighted by Gasteiger charge is 2.09. The summed E-state index contributed by atoms with van der Waals surface area (Å²) in [4.78, 5) is 11.9. The van der Waals surface area contributed by atoms with Crippen molar-refractivity contribution in [3.05, 3.63) is 34.9 Å². The van der Waals surface area contributed by atoms with Crippen LogP contribution in [0.4, 0.5) is 0 Å². The first kappa shape index (κ1) is 16.2. The minimum Gasteiger partial charge on any atom is -0.370 e. The molecule has 0 N–H and O–H groups in total. The number of benzene rings is 1. The summed E-state index contributed by atoms with van der Waals surface area (Å²) in [7, 11) is 0. The Hall–Kier alpha value is -0.860. The molecule has 2 nitrogen and oxygen atoms in total. The highest BCUT2D eigenvalue weighted by Crippen LogP contribution is 2.12. The van der Waals surface area contributed by atoms with E-state index in [1.807, 2.05) is 6.92 Å². The maximum atomic E-state index is 11.9. The fourth-order valence-electron chi connectivity index (χ4n) is 1.91. The third kappa shape index (κ3) is 6.74. The quantitative estimate of drug-likeness (QED) is 0.476. The van der Waals surface area contributed by atoms with Gasteiger partial charge >= 0.3 is 0 Å². The highest BCUT2D eigenvalue weighted by atomic mass is 35.5. The summed E-state index contributed by atoms with van der Waals surface area (Å²) >= 11 is 5.86. The van der Waals surface area contributed by atoms with Gasteiger partial charge in [0.2, 0.25) is 0 Å². The van der Waals surface area contributed by atoms with Crippen LogP contribution in [0.2, 0.25) is 5.02 Å². The van der Waals surface area contributed by atoms with E-state index in [1.165, 1.54) is 25.7 Å². The molecule has 0 saturated heterocycles. The minimum atomic E-state index is -0.0112. The molecule has 0 amide bonds. The number of rotatable bonds is 9. The molecule has 0 aromatic heterocycles. The van der Waals surface area contributed by atoms with Gasteiger partial charge in [-0.3, -0.25) is 4.79 Å². The van der Waals surface area contributed by atoms with Crippen LogP contribution in [0.3, 0.4) is 0 Å². The van der Waals surface area contributed by atoms with E-state index >= 15 is 0 Å². The van der Waals surface area contributed by atoms with Gasteiger partial charge < -0.3 is 4.74 Å². The van der Waals surface area contributed by atoms with Crippen LogP contribution in [0.15, 0.2) is 24.3 Å². The van der Waals surface area contributed by atoms with Crippen LogP contribution in [0.1, 0.15) is 56.3 Å². The average molecular weight is 283 g/mol. The molecule has 19 heavy (non-hydrogen) atoms. The first-order valence-corrected chi connectivity index (χ1v) is 7.41. The topological polar surface area (TPSA) is 26.3 Å². The maximum Gasteiger partial charge on any atom is 0.188 e. The molecule has 1 aromatic rings. The van der Waals surface area contributed by atoms with Gasteiger partial charge in [-0.05, 0) is 25.5 Å². The molecule has 0 bridgehead atoms. The van der Waals surface area contributed by atoms with Crippen LogP contribution < -0.4 is 0 Å². The first-order chi connectivity index (χ1) is 9.13.